The molecule has 1 aliphatic heterocycles. The van der Waals surface area contributed by atoms with Crippen LogP contribution in [0.4, 0.5) is 0 Å². The lowest BCUT2D eigenvalue weighted by Crippen LogP contribution is -2.61. The number of aliphatic hydroxyl groups is 4. The molecule has 12 nitrogen and oxygen atoms in total. The monoisotopic (exact) mass is 780 g/mol. The van der Waals surface area contributed by atoms with Gasteiger partial charge in [0.2, 0.25) is 5.91 Å². The standard InChI is InChI=1S/C40H77NO11S/c1-3-5-7-9-11-13-15-17-19-21-23-25-27-29-34(43)33(32-50-40-38(46)39(52-53(47,48)49)37(45)35(31-42)51-40)41-36(44)30-28-26-24-22-20-18-16-14-12-10-8-6-4-2/h27,29,33-35,37-40,42-43,45-46H,3-26,28,30-32H2,1-2H3,(H,41,44)(H,47,48,49)/b29-27+/t33-,34+,35-,37+,38-,39-,40+/m0/s1. The molecule has 0 saturated carbocycles. The van der Waals surface area contributed by atoms with Crippen LogP contribution in [0.1, 0.15) is 181 Å². The first-order chi connectivity index (χ1) is 25.5. The fourth-order valence-electron chi connectivity index (χ4n) is 6.75. The van der Waals surface area contributed by atoms with Gasteiger partial charge in [-0.1, -0.05) is 167 Å². The van der Waals surface area contributed by atoms with E-state index in [2.05, 4.69) is 23.3 Å². The third-order valence-electron chi connectivity index (χ3n) is 10.1. The van der Waals surface area contributed by atoms with Crippen LogP contribution in [0.2, 0.25) is 0 Å². The van der Waals surface area contributed by atoms with Crippen molar-refractivity contribution in [2.45, 2.75) is 224 Å². The summed E-state index contributed by atoms with van der Waals surface area (Å²) in [6.45, 7) is 3.36. The highest BCUT2D eigenvalue weighted by molar-refractivity contribution is 7.80. The van der Waals surface area contributed by atoms with Crippen LogP contribution in [-0.2, 0) is 28.9 Å². The van der Waals surface area contributed by atoms with Crippen LogP contribution in [0.25, 0.3) is 0 Å². The summed E-state index contributed by atoms with van der Waals surface area (Å²) in [5.41, 5.74) is 0. The Balaban J connectivity index is 2.59. The zero-order valence-electron chi connectivity index (χ0n) is 33.1. The number of amides is 1. The number of nitrogens with one attached hydrogen (secondary N) is 1. The molecule has 6 N–H and O–H groups in total. The normalized spacial score (nSPS) is 22.0. The van der Waals surface area contributed by atoms with Crippen molar-refractivity contribution in [1.82, 2.24) is 5.32 Å². The average molecular weight is 780 g/mol. The fourth-order valence-corrected chi connectivity index (χ4v) is 7.26. The van der Waals surface area contributed by atoms with E-state index in [0.29, 0.717) is 6.42 Å². The second kappa shape index (κ2) is 32.0. The molecule has 7 atom stereocenters. The van der Waals surface area contributed by atoms with Gasteiger partial charge in [-0.3, -0.25) is 9.35 Å². The van der Waals surface area contributed by atoms with Gasteiger partial charge in [-0.2, -0.15) is 8.42 Å². The number of hydrogen-bond acceptors (Lipinski definition) is 10. The molecule has 13 heteroatoms. The molecule has 0 aromatic heterocycles. The van der Waals surface area contributed by atoms with Gasteiger partial charge in [-0.05, 0) is 19.3 Å². The lowest BCUT2D eigenvalue weighted by Gasteiger charge is -2.41. The van der Waals surface area contributed by atoms with E-state index in [4.69, 9.17) is 14.0 Å². The molecule has 53 heavy (non-hydrogen) atoms. The quantitative estimate of drug-likeness (QED) is 0.0216. The van der Waals surface area contributed by atoms with Crippen molar-refractivity contribution in [3.05, 3.63) is 12.2 Å². The highest BCUT2D eigenvalue weighted by Crippen LogP contribution is 2.26. The van der Waals surface area contributed by atoms with Crippen LogP contribution < -0.4 is 5.32 Å². The number of rotatable bonds is 35. The minimum absolute atomic E-state index is 0.263. The van der Waals surface area contributed by atoms with E-state index < -0.39 is 59.9 Å². The summed E-state index contributed by atoms with van der Waals surface area (Å²) < 4.78 is 47.4. The van der Waals surface area contributed by atoms with Crippen LogP contribution in [-0.4, -0.2) is 95.4 Å². The van der Waals surface area contributed by atoms with Crippen LogP contribution in [0.3, 0.4) is 0 Å². The Labute approximate surface area is 321 Å². The topological polar surface area (TPSA) is 192 Å². The van der Waals surface area contributed by atoms with Crippen molar-refractivity contribution in [3.63, 3.8) is 0 Å². The van der Waals surface area contributed by atoms with Gasteiger partial charge in [0.1, 0.15) is 24.4 Å². The number of hydrogen-bond donors (Lipinski definition) is 6. The molecule has 1 heterocycles. The third kappa shape index (κ3) is 25.6. The minimum atomic E-state index is -5.08. The summed E-state index contributed by atoms with van der Waals surface area (Å²) in [7, 11) is -5.08. The first-order valence-corrected chi connectivity index (χ1v) is 22.4. The number of allylic oxidation sites excluding steroid dienone is 1. The Morgan fingerprint density at radius 2 is 1.19 bits per heavy atom. The number of carbonyl (C=O) groups is 1. The van der Waals surface area contributed by atoms with Crippen molar-refractivity contribution in [3.8, 4) is 0 Å². The van der Waals surface area contributed by atoms with Gasteiger partial charge >= 0.3 is 10.4 Å². The highest BCUT2D eigenvalue weighted by Gasteiger charge is 2.48. The smallest absolute Gasteiger partial charge is 0.394 e. The lowest BCUT2D eigenvalue weighted by atomic mass is 9.99. The summed E-state index contributed by atoms with van der Waals surface area (Å²) in [4.78, 5) is 13.0. The van der Waals surface area contributed by atoms with Gasteiger partial charge in [-0.25, -0.2) is 4.18 Å². The Kier molecular flexibility index (Phi) is 30.1. The molecule has 1 aliphatic rings. The number of unbranched alkanes of at least 4 members (excludes halogenated alkanes) is 23. The number of aliphatic hydroxyl groups excluding tert-OH is 4. The molecule has 1 amide bonds. The summed E-state index contributed by atoms with van der Waals surface area (Å²) in [5, 5.41) is 44.5. The van der Waals surface area contributed by atoms with Crippen LogP contribution in [0, 0.1) is 0 Å². The summed E-state index contributed by atoms with van der Waals surface area (Å²) >= 11 is 0. The van der Waals surface area contributed by atoms with Gasteiger partial charge < -0.3 is 35.2 Å². The zero-order chi connectivity index (χ0) is 39.2. The summed E-state index contributed by atoms with van der Waals surface area (Å²) in [6, 6.07) is -0.936. The second-order valence-corrected chi connectivity index (χ2v) is 16.0. The van der Waals surface area contributed by atoms with Crippen LogP contribution in [0.15, 0.2) is 12.2 Å². The SMILES string of the molecule is CCCCCCCCCCCCC/C=C/[C@@H](O)[C@H](CO[C@@H]1O[C@@H](CO)[C@@H](O)[C@H](OS(=O)(=O)O)[C@@H]1O)NC(=O)CCCCCCCCCCCCCCC. The average Bonchev–Trinajstić information content (AvgIpc) is 3.12. The Bertz CT molecular complexity index is 1010. The molecular weight excluding hydrogens is 703 g/mol. The molecule has 0 spiro atoms. The van der Waals surface area contributed by atoms with E-state index in [0.717, 1.165) is 38.5 Å². The summed E-state index contributed by atoms with van der Waals surface area (Å²) in [5.74, 6) is -0.263. The van der Waals surface area contributed by atoms with E-state index in [1.807, 2.05) is 6.08 Å². The lowest BCUT2D eigenvalue weighted by molar-refractivity contribution is -0.298. The van der Waals surface area contributed by atoms with Crippen molar-refractivity contribution in [2.24, 2.45) is 0 Å². The van der Waals surface area contributed by atoms with E-state index in [1.54, 1.807) is 6.08 Å². The van der Waals surface area contributed by atoms with Crippen molar-refractivity contribution in [1.29, 1.82) is 0 Å². The van der Waals surface area contributed by atoms with E-state index in [9.17, 15) is 33.6 Å². The number of carbonyl (C=O) groups excluding carboxylic acids is 1. The molecular formula is C40H77NO11S. The van der Waals surface area contributed by atoms with E-state index in [1.165, 1.54) is 116 Å². The molecule has 1 saturated heterocycles. The molecule has 1 fully saturated rings. The Morgan fingerprint density at radius 1 is 0.736 bits per heavy atom. The highest BCUT2D eigenvalue weighted by atomic mass is 32.3. The molecule has 0 unspecified atom stereocenters. The molecule has 0 radical (unpaired) electrons. The molecule has 1 rings (SSSR count). The van der Waals surface area contributed by atoms with Crippen molar-refractivity contribution in [2.75, 3.05) is 13.2 Å². The summed E-state index contributed by atoms with van der Waals surface area (Å²) in [6.07, 6.45) is 23.9. The maximum Gasteiger partial charge on any atom is 0.397 e. The zero-order valence-corrected chi connectivity index (χ0v) is 33.9. The van der Waals surface area contributed by atoms with Gasteiger partial charge in [0.25, 0.3) is 0 Å². The molecule has 0 bridgehead atoms. The maximum atomic E-state index is 13.0. The predicted octanol–water partition coefficient (Wildman–Crippen LogP) is 7.21. The predicted molar refractivity (Wildman–Crippen MR) is 209 cm³/mol. The third-order valence-corrected chi connectivity index (χ3v) is 10.5. The van der Waals surface area contributed by atoms with Crippen molar-refractivity contribution < 1.29 is 51.8 Å². The first-order valence-electron chi connectivity index (χ1n) is 21.1. The molecule has 0 aliphatic carbocycles. The van der Waals surface area contributed by atoms with Gasteiger partial charge in [0.15, 0.2) is 6.29 Å². The molecule has 0 aromatic carbocycles. The Morgan fingerprint density at radius 3 is 1.64 bits per heavy atom. The van der Waals surface area contributed by atoms with E-state index >= 15 is 0 Å². The van der Waals surface area contributed by atoms with Gasteiger partial charge in [0.05, 0.1) is 25.4 Å². The fraction of sp³-hybridized carbons (Fsp3) is 0.925. The molecule has 314 valence electrons. The number of ether oxygens (including phenoxy) is 2. The van der Waals surface area contributed by atoms with E-state index in [-0.39, 0.29) is 18.9 Å². The van der Waals surface area contributed by atoms with Crippen LogP contribution in [0.5, 0.6) is 0 Å². The first kappa shape index (κ1) is 49.9. The minimum Gasteiger partial charge on any atom is -0.394 e. The van der Waals surface area contributed by atoms with Crippen LogP contribution >= 0.6 is 0 Å². The van der Waals surface area contributed by atoms with Gasteiger partial charge in [0, 0.05) is 6.42 Å². The maximum absolute atomic E-state index is 13.0. The Hall–Kier alpha value is -1.16. The van der Waals surface area contributed by atoms with Gasteiger partial charge in [-0.15, -0.1) is 0 Å². The molecule has 0 aromatic rings. The van der Waals surface area contributed by atoms with Crippen molar-refractivity contribution >= 4 is 16.3 Å². The second-order valence-electron chi connectivity index (χ2n) is 14.9. The largest absolute Gasteiger partial charge is 0.397 e.